The molecule has 8 heteroatoms. The van der Waals surface area contributed by atoms with Crippen molar-refractivity contribution < 1.29 is 4.79 Å². The molecule has 2 aromatic heterocycles. The molecule has 4 rings (SSSR count). The highest BCUT2D eigenvalue weighted by Gasteiger charge is 2.08. The van der Waals surface area contributed by atoms with Gasteiger partial charge in [-0.1, -0.05) is 36.4 Å². The minimum atomic E-state index is -0.173. The Morgan fingerprint density at radius 3 is 2.57 bits per heavy atom. The molecule has 140 valence electrons. The van der Waals surface area contributed by atoms with E-state index in [0.717, 1.165) is 11.1 Å². The number of hydrogen-bond acceptors (Lipinski definition) is 5. The quantitative estimate of drug-likeness (QED) is 0.550. The maximum absolute atomic E-state index is 12.3. The lowest BCUT2D eigenvalue weighted by Crippen LogP contribution is -2.28. The van der Waals surface area contributed by atoms with Crippen LogP contribution in [0.15, 0.2) is 72.2 Å². The predicted molar refractivity (Wildman–Crippen MR) is 103 cm³/mol. The van der Waals surface area contributed by atoms with Crippen LogP contribution < -0.4 is 10.7 Å². The number of nitrogens with one attached hydrogen (secondary N) is 1. The van der Waals surface area contributed by atoms with Crippen molar-refractivity contribution in [1.29, 1.82) is 0 Å². The van der Waals surface area contributed by atoms with Crippen LogP contribution in [0.5, 0.6) is 0 Å². The molecular formula is C20H18N6O2. The molecule has 0 unspecified atom stereocenters. The maximum atomic E-state index is 12.3. The minimum Gasteiger partial charge on any atom is -0.350 e. The maximum Gasteiger partial charge on any atom is 0.242 e. The van der Waals surface area contributed by atoms with Gasteiger partial charge >= 0.3 is 0 Å². The lowest BCUT2D eigenvalue weighted by Gasteiger charge is -2.10. The highest BCUT2D eigenvalue weighted by molar-refractivity contribution is 5.81. The van der Waals surface area contributed by atoms with E-state index in [-0.39, 0.29) is 17.9 Å². The van der Waals surface area contributed by atoms with Gasteiger partial charge in [-0.3, -0.25) is 14.3 Å². The van der Waals surface area contributed by atoms with Crippen LogP contribution in [0.4, 0.5) is 0 Å². The molecule has 1 amide bonds. The second-order valence-electron chi connectivity index (χ2n) is 6.37. The fraction of sp³-hybridized carbons (Fsp3) is 0.150. The van der Waals surface area contributed by atoms with Crippen LogP contribution in [0.2, 0.25) is 0 Å². The van der Waals surface area contributed by atoms with Crippen LogP contribution in [0.25, 0.3) is 10.9 Å². The van der Waals surface area contributed by atoms with Gasteiger partial charge in [-0.25, -0.2) is 9.67 Å². The standard InChI is InChI=1S/C20H18N6O2/c27-19-10-23-26(18-4-2-1-3-17(18)19)12-20(28)22-9-15-5-7-16(8-6-15)11-25-14-21-13-24-25/h1-8,10,13-14H,9,11-12H2,(H,22,28). The molecule has 1 N–H and O–H groups in total. The number of carbonyl (C=O) groups excluding carboxylic acids is 1. The molecule has 2 heterocycles. The molecule has 0 aliphatic carbocycles. The van der Waals surface area contributed by atoms with Gasteiger partial charge < -0.3 is 5.32 Å². The van der Waals surface area contributed by atoms with E-state index in [2.05, 4.69) is 20.5 Å². The molecule has 0 fully saturated rings. The highest BCUT2D eigenvalue weighted by Crippen LogP contribution is 2.08. The molecule has 0 atom stereocenters. The van der Waals surface area contributed by atoms with Crippen molar-refractivity contribution in [2.45, 2.75) is 19.6 Å². The number of benzene rings is 2. The van der Waals surface area contributed by atoms with Crippen molar-refractivity contribution in [1.82, 2.24) is 29.9 Å². The normalized spacial score (nSPS) is 10.9. The van der Waals surface area contributed by atoms with Gasteiger partial charge in [-0.2, -0.15) is 10.2 Å². The van der Waals surface area contributed by atoms with Gasteiger partial charge in [0.1, 0.15) is 19.2 Å². The first-order valence-electron chi connectivity index (χ1n) is 8.81. The van der Waals surface area contributed by atoms with Crippen LogP contribution in [0.1, 0.15) is 11.1 Å². The summed E-state index contributed by atoms with van der Waals surface area (Å²) in [5.41, 5.74) is 2.58. The number of nitrogens with zero attached hydrogens (tertiary/aromatic N) is 5. The summed E-state index contributed by atoms with van der Waals surface area (Å²) >= 11 is 0. The lowest BCUT2D eigenvalue weighted by atomic mass is 10.1. The Labute approximate surface area is 160 Å². The van der Waals surface area contributed by atoms with E-state index in [4.69, 9.17) is 0 Å². The van der Waals surface area contributed by atoms with Crippen molar-refractivity contribution in [3.63, 3.8) is 0 Å². The van der Waals surface area contributed by atoms with E-state index < -0.39 is 0 Å². The van der Waals surface area contributed by atoms with E-state index in [0.29, 0.717) is 24.0 Å². The van der Waals surface area contributed by atoms with Crippen LogP contribution in [0.3, 0.4) is 0 Å². The summed E-state index contributed by atoms with van der Waals surface area (Å²) in [6, 6.07) is 15.1. The molecule has 0 saturated heterocycles. The first-order valence-corrected chi connectivity index (χ1v) is 8.81. The van der Waals surface area contributed by atoms with Gasteiger partial charge in [0.05, 0.1) is 18.3 Å². The Hall–Kier alpha value is -3.81. The molecule has 0 radical (unpaired) electrons. The van der Waals surface area contributed by atoms with Gasteiger partial charge in [-0.15, -0.1) is 0 Å². The Morgan fingerprint density at radius 1 is 1.00 bits per heavy atom. The number of rotatable bonds is 6. The zero-order valence-corrected chi connectivity index (χ0v) is 15.0. The molecule has 2 aromatic carbocycles. The summed E-state index contributed by atoms with van der Waals surface area (Å²) in [7, 11) is 0. The molecule has 8 nitrogen and oxygen atoms in total. The second-order valence-corrected chi connectivity index (χ2v) is 6.37. The topological polar surface area (TPSA) is 94.7 Å². The molecule has 28 heavy (non-hydrogen) atoms. The number of para-hydroxylation sites is 1. The average Bonchev–Trinajstić information content (AvgIpc) is 3.23. The first-order chi connectivity index (χ1) is 13.7. The molecule has 0 bridgehead atoms. The summed E-state index contributed by atoms with van der Waals surface area (Å²) in [5, 5.41) is 11.6. The molecule has 0 spiro atoms. The lowest BCUT2D eigenvalue weighted by molar-refractivity contribution is -0.121. The summed E-state index contributed by atoms with van der Waals surface area (Å²) in [6.07, 6.45) is 4.41. The molecule has 0 aliphatic rings. The van der Waals surface area contributed by atoms with Gasteiger partial charge in [0.2, 0.25) is 11.3 Å². The zero-order chi connectivity index (χ0) is 19.3. The number of hydrogen-bond donors (Lipinski definition) is 1. The third-order valence-corrected chi connectivity index (χ3v) is 4.38. The average molecular weight is 374 g/mol. The minimum absolute atomic E-state index is 0.0468. The number of fused-ring (bicyclic) bond motifs is 1. The summed E-state index contributed by atoms with van der Waals surface area (Å²) in [5.74, 6) is -0.173. The third kappa shape index (κ3) is 3.96. The van der Waals surface area contributed by atoms with E-state index in [1.807, 2.05) is 30.3 Å². The van der Waals surface area contributed by atoms with E-state index in [1.54, 1.807) is 29.2 Å². The van der Waals surface area contributed by atoms with Crippen LogP contribution in [-0.4, -0.2) is 30.5 Å². The van der Waals surface area contributed by atoms with Crippen molar-refractivity contribution >= 4 is 16.8 Å². The van der Waals surface area contributed by atoms with Crippen LogP contribution in [0, 0.1) is 0 Å². The SMILES string of the molecule is O=C(Cn1ncc(=O)c2ccccc21)NCc1ccc(Cn2cncn2)cc1. The van der Waals surface area contributed by atoms with E-state index in [9.17, 15) is 9.59 Å². The number of aromatic nitrogens is 5. The predicted octanol–water partition coefficient (Wildman–Crippen LogP) is 1.35. The Balaban J connectivity index is 1.37. The van der Waals surface area contributed by atoms with E-state index >= 15 is 0 Å². The number of carbonyl (C=O) groups is 1. The smallest absolute Gasteiger partial charge is 0.242 e. The fourth-order valence-electron chi connectivity index (χ4n) is 2.94. The van der Waals surface area contributed by atoms with Crippen molar-refractivity contribution in [2.24, 2.45) is 0 Å². The monoisotopic (exact) mass is 374 g/mol. The Morgan fingerprint density at radius 2 is 1.79 bits per heavy atom. The van der Waals surface area contributed by atoms with Gasteiger partial charge in [-0.05, 0) is 23.3 Å². The van der Waals surface area contributed by atoms with Crippen molar-refractivity contribution in [3.05, 3.63) is 88.7 Å². The van der Waals surface area contributed by atoms with Crippen molar-refractivity contribution in [3.8, 4) is 0 Å². The van der Waals surface area contributed by atoms with Crippen LogP contribution >= 0.6 is 0 Å². The largest absolute Gasteiger partial charge is 0.350 e. The second kappa shape index (κ2) is 7.83. The first kappa shape index (κ1) is 17.6. The van der Waals surface area contributed by atoms with Crippen molar-refractivity contribution in [2.75, 3.05) is 0 Å². The summed E-state index contributed by atoms with van der Waals surface area (Å²) < 4.78 is 3.28. The van der Waals surface area contributed by atoms with Gasteiger partial charge in [0.15, 0.2) is 0 Å². The van der Waals surface area contributed by atoms with Gasteiger partial charge in [0.25, 0.3) is 0 Å². The molecular weight excluding hydrogens is 356 g/mol. The van der Waals surface area contributed by atoms with Crippen LogP contribution in [-0.2, 0) is 24.4 Å². The Bertz CT molecular complexity index is 1150. The van der Waals surface area contributed by atoms with E-state index in [1.165, 1.54) is 17.2 Å². The molecule has 0 aliphatic heterocycles. The fourth-order valence-corrected chi connectivity index (χ4v) is 2.94. The van der Waals surface area contributed by atoms with Gasteiger partial charge in [0, 0.05) is 11.9 Å². The Kier molecular flexibility index (Phi) is 4.92. The summed E-state index contributed by atoms with van der Waals surface area (Å²) in [4.78, 5) is 28.1. The highest BCUT2D eigenvalue weighted by atomic mass is 16.2. The molecule has 0 saturated carbocycles. The summed E-state index contributed by atoms with van der Waals surface area (Å²) in [6.45, 7) is 1.11. The zero-order valence-electron chi connectivity index (χ0n) is 15.0. The molecule has 4 aromatic rings. The third-order valence-electron chi connectivity index (χ3n) is 4.38. The number of amides is 1.